The van der Waals surface area contributed by atoms with Crippen molar-refractivity contribution < 1.29 is 17.6 Å². The molecule has 1 amide bonds. The summed E-state index contributed by atoms with van der Waals surface area (Å²) in [5, 5.41) is 10.4. The number of hydrogen-bond donors (Lipinski definition) is 3. The molecule has 0 aliphatic rings. The molecule has 6 rings (SSSR count). The first-order valence-electron chi connectivity index (χ1n) is 14.2. The van der Waals surface area contributed by atoms with E-state index in [1.165, 1.54) is 18.4 Å². The molecular weight excluding hydrogens is 581 g/mol. The van der Waals surface area contributed by atoms with Gasteiger partial charge in [-0.2, -0.15) is 5.10 Å². The zero-order chi connectivity index (χ0) is 30.8. The quantitative estimate of drug-likeness (QED) is 0.170. The van der Waals surface area contributed by atoms with E-state index in [1.54, 1.807) is 18.5 Å². The van der Waals surface area contributed by atoms with Gasteiger partial charge in [0.2, 0.25) is 5.91 Å². The summed E-state index contributed by atoms with van der Waals surface area (Å²) in [4.78, 5) is 29.5. The van der Waals surface area contributed by atoms with Gasteiger partial charge in [0, 0.05) is 30.0 Å². The third-order valence-electron chi connectivity index (χ3n) is 7.25. The van der Waals surface area contributed by atoms with Crippen LogP contribution in [0.15, 0.2) is 67.0 Å². The normalized spacial score (nSPS) is 11.8. The van der Waals surface area contributed by atoms with Gasteiger partial charge in [-0.15, -0.1) is 0 Å². The number of nitrogens with one attached hydrogen (secondary N) is 3. The molecule has 0 saturated heterocycles. The number of halogens is 1. The van der Waals surface area contributed by atoms with Gasteiger partial charge in [0.05, 0.1) is 39.9 Å². The number of pyridine rings is 2. The molecule has 4 aromatic heterocycles. The highest BCUT2D eigenvalue weighted by Gasteiger charge is 2.18. The lowest BCUT2D eigenvalue weighted by Gasteiger charge is -2.07. The first kappa shape index (κ1) is 29.1. The van der Waals surface area contributed by atoms with Crippen molar-refractivity contribution in [2.75, 3.05) is 17.3 Å². The number of hydrogen-bond acceptors (Lipinski definition) is 7. The van der Waals surface area contributed by atoms with Crippen LogP contribution in [0, 0.1) is 5.82 Å². The van der Waals surface area contributed by atoms with Crippen molar-refractivity contribution in [3.8, 4) is 33.9 Å². The number of unbranched alkanes of at least 4 members (excludes halogenated alkanes) is 1. The zero-order valence-corrected chi connectivity index (χ0v) is 25.0. The van der Waals surface area contributed by atoms with Crippen LogP contribution in [0.5, 0.6) is 0 Å². The number of rotatable bonds is 10. The van der Waals surface area contributed by atoms with Crippen LogP contribution in [-0.4, -0.2) is 56.5 Å². The summed E-state index contributed by atoms with van der Waals surface area (Å²) >= 11 is 0. The molecule has 12 heteroatoms. The van der Waals surface area contributed by atoms with E-state index in [0.29, 0.717) is 62.6 Å². The number of aromatic nitrogens is 6. The Kier molecular flexibility index (Phi) is 7.92. The van der Waals surface area contributed by atoms with Gasteiger partial charge >= 0.3 is 0 Å². The van der Waals surface area contributed by atoms with Crippen molar-refractivity contribution in [2.45, 2.75) is 32.6 Å². The Labute approximate surface area is 253 Å². The molecule has 0 fully saturated rings. The molecule has 44 heavy (non-hydrogen) atoms. The molecule has 0 unspecified atom stereocenters. The Hall–Kier alpha value is -4.97. The summed E-state index contributed by atoms with van der Waals surface area (Å²) < 4.78 is 38.0. The zero-order valence-electron chi connectivity index (χ0n) is 24.2. The third-order valence-corrected chi connectivity index (χ3v) is 8.20. The van der Waals surface area contributed by atoms with Crippen molar-refractivity contribution in [3.05, 3.63) is 78.4 Å². The van der Waals surface area contributed by atoms with Crippen LogP contribution < -0.4 is 5.32 Å². The summed E-state index contributed by atoms with van der Waals surface area (Å²) in [5.41, 5.74) is 7.01. The number of anilines is 1. The molecule has 0 atom stereocenters. The van der Waals surface area contributed by atoms with Crippen LogP contribution >= 0.6 is 0 Å². The minimum atomic E-state index is -3.19. The molecule has 0 aliphatic heterocycles. The second-order valence-corrected chi connectivity index (χ2v) is 13.1. The number of imidazole rings is 1. The maximum Gasteiger partial charge on any atom is 0.224 e. The Morgan fingerprint density at radius 1 is 0.977 bits per heavy atom. The predicted molar refractivity (Wildman–Crippen MR) is 169 cm³/mol. The predicted octanol–water partition coefficient (Wildman–Crippen LogP) is 6.09. The number of sulfone groups is 1. The Bertz CT molecular complexity index is 2120. The number of benzene rings is 2. The van der Waals surface area contributed by atoms with E-state index in [4.69, 9.17) is 9.97 Å². The summed E-state index contributed by atoms with van der Waals surface area (Å²) in [5.74, 6) is -0.0964. The second kappa shape index (κ2) is 12.0. The molecule has 4 heterocycles. The maximum absolute atomic E-state index is 14.6. The van der Waals surface area contributed by atoms with Gasteiger partial charge in [0.15, 0.2) is 11.5 Å². The Morgan fingerprint density at radius 2 is 1.84 bits per heavy atom. The SMILES string of the molecule is CCCCC(=O)Nc1cncc(-c2ccc3[nH]nc(-c4nc5c(-c6cc(F)cc(CCS(C)(=O)=O)c6)cccc5[nH]4)c3n2)c1. The number of nitrogens with zero attached hydrogens (tertiary/aromatic N) is 4. The molecule has 0 spiro atoms. The molecule has 2 aromatic carbocycles. The highest BCUT2D eigenvalue weighted by Crippen LogP contribution is 2.33. The molecule has 0 saturated carbocycles. The molecule has 0 aliphatic carbocycles. The van der Waals surface area contributed by atoms with Crippen LogP contribution in [0.1, 0.15) is 31.7 Å². The number of H-pyrrole nitrogens is 2. The van der Waals surface area contributed by atoms with Gasteiger partial charge in [-0.3, -0.25) is 14.9 Å². The maximum atomic E-state index is 14.6. The molecular formula is C32H30FN7O3S. The van der Waals surface area contributed by atoms with E-state index in [1.807, 2.05) is 43.3 Å². The average molecular weight is 612 g/mol. The number of aryl methyl sites for hydroxylation is 1. The lowest BCUT2D eigenvalue weighted by atomic mass is 10.0. The number of fused-ring (bicyclic) bond motifs is 2. The average Bonchev–Trinajstić information content (AvgIpc) is 3.62. The van der Waals surface area contributed by atoms with Crippen molar-refractivity contribution in [3.63, 3.8) is 0 Å². The minimum Gasteiger partial charge on any atom is -0.336 e. The molecule has 6 aromatic rings. The van der Waals surface area contributed by atoms with E-state index in [2.05, 4.69) is 25.5 Å². The van der Waals surface area contributed by atoms with E-state index in [9.17, 15) is 17.6 Å². The number of para-hydroxylation sites is 1. The lowest BCUT2D eigenvalue weighted by Crippen LogP contribution is -2.11. The largest absolute Gasteiger partial charge is 0.336 e. The van der Waals surface area contributed by atoms with Gasteiger partial charge in [-0.05, 0) is 60.4 Å². The first-order valence-corrected chi connectivity index (χ1v) is 16.3. The molecule has 0 bridgehead atoms. The van der Waals surface area contributed by atoms with E-state index in [-0.39, 0.29) is 18.1 Å². The standard InChI is InChI=1S/C32H30FN7O3S/c1-3-4-8-28(41)35-23-16-21(17-34-18-23)25-9-10-27-30(36-25)31(40-39-27)32-37-26-7-5-6-24(29(26)38-32)20-13-19(14-22(33)15-20)11-12-44(2,42)43/h5-7,9-10,13-18H,3-4,8,11-12H2,1-2H3,(H,35,41)(H,37,38)(H,39,40). The first-order chi connectivity index (χ1) is 21.2. The van der Waals surface area contributed by atoms with Crippen molar-refractivity contribution >= 4 is 43.5 Å². The van der Waals surface area contributed by atoms with Crippen molar-refractivity contribution in [1.29, 1.82) is 0 Å². The molecule has 3 N–H and O–H groups in total. The van der Waals surface area contributed by atoms with Crippen LogP contribution in [-0.2, 0) is 21.1 Å². The van der Waals surface area contributed by atoms with Crippen LogP contribution in [0.3, 0.4) is 0 Å². The summed E-state index contributed by atoms with van der Waals surface area (Å²) in [6.45, 7) is 2.04. The van der Waals surface area contributed by atoms with Crippen molar-refractivity contribution in [2.24, 2.45) is 0 Å². The second-order valence-electron chi connectivity index (χ2n) is 10.8. The molecule has 0 radical (unpaired) electrons. The summed E-state index contributed by atoms with van der Waals surface area (Å²) in [7, 11) is -3.19. The van der Waals surface area contributed by atoms with Gasteiger partial charge in [-0.25, -0.2) is 22.8 Å². The smallest absolute Gasteiger partial charge is 0.224 e. The van der Waals surface area contributed by atoms with E-state index in [0.717, 1.165) is 23.9 Å². The number of amides is 1. The summed E-state index contributed by atoms with van der Waals surface area (Å²) in [6, 6.07) is 15.7. The van der Waals surface area contributed by atoms with Crippen LogP contribution in [0.25, 0.3) is 56.0 Å². The minimum absolute atomic E-state index is 0.0565. The van der Waals surface area contributed by atoms with Gasteiger partial charge in [0.25, 0.3) is 0 Å². The van der Waals surface area contributed by atoms with Crippen LogP contribution in [0.2, 0.25) is 0 Å². The highest BCUT2D eigenvalue weighted by molar-refractivity contribution is 7.90. The van der Waals surface area contributed by atoms with Gasteiger partial charge in [-0.1, -0.05) is 31.5 Å². The van der Waals surface area contributed by atoms with E-state index < -0.39 is 15.7 Å². The molecule has 224 valence electrons. The summed E-state index contributed by atoms with van der Waals surface area (Å²) in [6.07, 6.45) is 6.88. The van der Waals surface area contributed by atoms with Crippen LogP contribution in [0.4, 0.5) is 10.1 Å². The number of aromatic amines is 2. The fourth-order valence-corrected chi connectivity index (χ4v) is 5.67. The fourth-order valence-electron chi connectivity index (χ4n) is 5.06. The van der Waals surface area contributed by atoms with Crippen molar-refractivity contribution in [1.82, 2.24) is 30.1 Å². The Balaban J connectivity index is 1.35. The van der Waals surface area contributed by atoms with Gasteiger partial charge < -0.3 is 10.3 Å². The Morgan fingerprint density at radius 3 is 2.66 bits per heavy atom. The highest BCUT2D eigenvalue weighted by atomic mass is 32.2. The van der Waals surface area contributed by atoms with Gasteiger partial charge in [0.1, 0.15) is 21.2 Å². The third kappa shape index (κ3) is 6.35. The number of carbonyl (C=O) groups is 1. The monoisotopic (exact) mass is 611 g/mol. The lowest BCUT2D eigenvalue weighted by molar-refractivity contribution is -0.116. The molecule has 10 nitrogen and oxygen atoms in total. The van der Waals surface area contributed by atoms with E-state index >= 15 is 0 Å². The fraction of sp³-hybridized carbons (Fsp3) is 0.219. The topological polar surface area (TPSA) is 146 Å². The number of carbonyl (C=O) groups excluding carboxylic acids is 1.